The molecule has 0 saturated carbocycles. The molecule has 27 heavy (non-hydrogen) atoms. The zero-order valence-corrected chi connectivity index (χ0v) is 14.2. The summed E-state index contributed by atoms with van der Waals surface area (Å²) >= 11 is 0. The lowest BCUT2D eigenvalue weighted by molar-refractivity contribution is -0.384. The predicted octanol–water partition coefficient (Wildman–Crippen LogP) is 4.85. The van der Waals surface area contributed by atoms with E-state index in [4.69, 9.17) is 4.74 Å². The first kappa shape index (κ1) is 22.0. The van der Waals surface area contributed by atoms with Gasteiger partial charge in [0.1, 0.15) is 5.75 Å². The van der Waals surface area contributed by atoms with Crippen molar-refractivity contribution in [2.24, 2.45) is 0 Å². The molecular formula is C17H14F5NO4. The summed E-state index contributed by atoms with van der Waals surface area (Å²) in [5, 5.41) is 10.5. The normalized spacial score (nSPS) is 10.0. The highest BCUT2D eigenvalue weighted by Gasteiger charge is 2.26. The standard InChI is InChI=1S/C15H8F5NO4.C2H6/c16-11-9(12(17)14(19)15(20)13(11)18)5-6-10(22)25-8-3-1-7(2-4-8)21(23)24;1-2/h1-4H,5-6H2;1-2H3. The number of hydrogen-bond donors (Lipinski definition) is 0. The number of ether oxygens (including phenoxy) is 1. The zero-order chi connectivity index (χ0) is 20.7. The van der Waals surface area contributed by atoms with Crippen molar-refractivity contribution in [3.63, 3.8) is 0 Å². The maximum atomic E-state index is 13.5. The van der Waals surface area contributed by atoms with Crippen LogP contribution in [0.5, 0.6) is 5.75 Å². The smallest absolute Gasteiger partial charge is 0.311 e. The summed E-state index contributed by atoms with van der Waals surface area (Å²) in [6, 6.07) is 4.36. The van der Waals surface area contributed by atoms with Gasteiger partial charge in [0.15, 0.2) is 23.3 Å². The average molecular weight is 391 g/mol. The van der Waals surface area contributed by atoms with Crippen LogP contribution < -0.4 is 4.74 Å². The number of hydrogen-bond acceptors (Lipinski definition) is 4. The molecule has 0 atom stereocenters. The second-order valence-electron chi connectivity index (χ2n) is 4.77. The lowest BCUT2D eigenvalue weighted by Gasteiger charge is -2.08. The molecule has 0 aromatic heterocycles. The number of esters is 1. The minimum absolute atomic E-state index is 0.0759. The van der Waals surface area contributed by atoms with Crippen LogP contribution in [0.3, 0.4) is 0 Å². The Balaban J connectivity index is 0.00000176. The van der Waals surface area contributed by atoms with E-state index in [0.29, 0.717) is 0 Å². The van der Waals surface area contributed by atoms with Gasteiger partial charge in [-0.15, -0.1) is 0 Å². The number of carbonyl (C=O) groups is 1. The summed E-state index contributed by atoms with van der Waals surface area (Å²) in [4.78, 5) is 21.4. The molecular weight excluding hydrogens is 377 g/mol. The molecule has 0 amide bonds. The Hall–Kier alpha value is -3.04. The third kappa shape index (κ3) is 5.22. The number of nitro benzene ring substituents is 1. The summed E-state index contributed by atoms with van der Waals surface area (Å²) in [5.41, 5.74) is -1.38. The van der Waals surface area contributed by atoms with E-state index in [9.17, 15) is 36.9 Å². The molecule has 0 radical (unpaired) electrons. The van der Waals surface area contributed by atoms with Crippen LogP contribution >= 0.6 is 0 Å². The van der Waals surface area contributed by atoms with Crippen LogP contribution in [0.25, 0.3) is 0 Å². The van der Waals surface area contributed by atoms with E-state index in [2.05, 4.69) is 0 Å². The summed E-state index contributed by atoms with van der Waals surface area (Å²) in [6.07, 6.45) is -1.45. The van der Waals surface area contributed by atoms with Gasteiger partial charge in [-0.1, -0.05) is 13.8 Å². The Kier molecular flexibility index (Phi) is 7.82. The highest BCUT2D eigenvalue weighted by molar-refractivity contribution is 5.72. The highest BCUT2D eigenvalue weighted by Crippen LogP contribution is 2.24. The number of rotatable bonds is 5. The lowest BCUT2D eigenvalue weighted by Crippen LogP contribution is -2.12. The van der Waals surface area contributed by atoms with Crippen LogP contribution in [-0.4, -0.2) is 10.9 Å². The van der Waals surface area contributed by atoms with Crippen molar-refractivity contribution < 1.29 is 36.4 Å². The number of carbonyl (C=O) groups excluding carboxylic acids is 1. The van der Waals surface area contributed by atoms with Gasteiger partial charge in [-0.2, -0.15) is 0 Å². The summed E-state index contributed by atoms with van der Waals surface area (Å²) in [5.74, 6) is -11.6. The molecule has 0 heterocycles. The molecule has 146 valence electrons. The van der Waals surface area contributed by atoms with E-state index in [0.717, 1.165) is 24.3 Å². The average Bonchev–Trinajstić information content (AvgIpc) is 2.66. The minimum atomic E-state index is -2.28. The van der Waals surface area contributed by atoms with Crippen LogP contribution in [0.1, 0.15) is 25.8 Å². The van der Waals surface area contributed by atoms with Crippen molar-refractivity contribution in [1.82, 2.24) is 0 Å². The number of nitrogens with zero attached hydrogens (tertiary/aromatic N) is 1. The summed E-state index contributed by atoms with van der Waals surface area (Å²) < 4.78 is 70.7. The molecule has 0 bridgehead atoms. The van der Waals surface area contributed by atoms with Gasteiger partial charge in [0.25, 0.3) is 5.69 Å². The third-order valence-corrected chi connectivity index (χ3v) is 3.16. The quantitative estimate of drug-likeness (QED) is 0.139. The van der Waals surface area contributed by atoms with E-state index in [1.807, 2.05) is 13.8 Å². The van der Waals surface area contributed by atoms with E-state index < -0.39 is 58.4 Å². The Morgan fingerprint density at radius 2 is 1.37 bits per heavy atom. The molecule has 0 aliphatic carbocycles. The molecule has 0 aliphatic heterocycles. The van der Waals surface area contributed by atoms with Gasteiger partial charge in [-0.05, 0) is 18.6 Å². The fourth-order valence-electron chi connectivity index (χ4n) is 1.92. The molecule has 0 fully saturated rings. The fourth-order valence-corrected chi connectivity index (χ4v) is 1.92. The van der Waals surface area contributed by atoms with E-state index >= 15 is 0 Å². The van der Waals surface area contributed by atoms with E-state index in [1.165, 1.54) is 0 Å². The van der Waals surface area contributed by atoms with Gasteiger partial charge in [0, 0.05) is 17.7 Å². The zero-order valence-electron chi connectivity index (χ0n) is 14.2. The Bertz CT molecular complexity index is 811. The summed E-state index contributed by atoms with van der Waals surface area (Å²) in [6.45, 7) is 4.00. The molecule has 0 saturated heterocycles. The first-order valence-corrected chi connectivity index (χ1v) is 7.67. The molecule has 0 N–H and O–H groups in total. The second-order valence-corrected chi connectivity index (χ2v) is 4.77. The Labute approximate surface area is 150 Å². The number of halogens is 5. The number of non-ortho nitro benzene ring substituents is 1. The molecule has 0 unspecified atom stereocenters. The van der Waals surface area contributed by atoms with Crippen molar-refractivity contribution in [3.8, 4) is 5.75 Å². The van der Waals surface area contributed by atoms with Gasteiger partial charge in [-0.25, -0.2) is 22.0 Å². The van der Waals surface area contributed by atoms with Crippen molar-refractivity contribution in [3.05, 3.63) is 69.0 Å². The van der Waals surface area contributed by atoms with Gasteiger partial charge in [0.2, 0.25) is 5.82 Å². The summed E-state index contributed by atoms with van der Waals surface area (Å²) in [7, 11) is 0. The van der Waals surface area contributed by atoms with E-state index in [1.54, 1.807) is 0 Å². The molecule has 5 nitrogen and oxygen atoms in total. The van der Waals surface area contributed by atoms with Gasteiger partial charge in [-0.3, -0.25) is 14.9 Å². The van der Waals surface area contributed by atoms with Crippen LogP contribution in [0.2, 0.25) is 0 Å². The Morgan fingerprint density at radius 1 is 0.926 bits per heavy atom. The van der Waals surface area contributed by atoms with Crippen LogP contribution in [-0.2, 0) is 11.2 Å². The first-order valence-electron chi connectivity index (χ1n) is 7.67. The van der Waals surface area contributed by atoms with Gasteiger partial charge in [0.05, 0.1) is 11.3 Å². The van der Waals surface area contributed by atoms with Crippen LogP contribution in [0.4, 0.5) is 27.6 Å². The maximum absolute atomic E-state index is 13.5. The third-order valence-electron chi connectivity index (χ3n) is 3.16. The molecule has 2 aromatic carbocycles. The van der Waals surface area contributed by atoms with Crippen molar-refractivity contribution >= 4 is 11.7 Å². The maximum Gasteiger partial charge on any atom is 0.311 e. The van der Waals surface area contributed by atoms with Crippen LogP contribution in [0, 0.1) is 39.2 Å². The fraction of sp³-hybridized carbons (Fsp3) is 0.235. The van der Waals surface area contributed by atoms with Crippen LogP contribution in [0.15, 0.2) is 24.3 Å². The molecule has 0 aliphatic rings. The predicted molar refractivity (Wildman–Crippen MR) is 84.6 cm³/mol. The molecule has 0 spiro atoms. The number of nitro groups is 1. The second kappa shape index (κ2) is 9.60. The topological polar surface area (TPSA) is 69.4 Å². The van der Waals surface area contributed by atoms with E-state index in [-0.39, 0.29) is 11.4 Å². The Morgan fingerprint density at radius 3 is 1.81 bits per heavy atom. The largest absolute Gasteiger partial charge is 0.427 e. The van der Waals surface area contributed by atoms with Gasteiger partial charge >= 0.3 is 5.97 Å². The molecule has 2 aromatic rings. The number of benzene rings is 2. The molecule has 10 heteroatoms. The van der Waals surface area contributed by atoms with Crippen molar-refractivity contribution in [1.29, 1.82) is 0 Å². The van der Waals surface area contributed by atoms with Crippen molar-refractivity contribution in [2.45, 2.75) is 26.7 Å². The lowest BCUT2D eigenvalue weighted by atomic mass is 10.1. The highest BCUT2D eigenvalue weighted by atomic mass is 19.2. The monoisotopic (exact) mass is 391 g/mol. The minimum Gasteiger partial charge on any atom is -0.427 e. The van der Waals surface area contributed by atoms with Crippen molar-refractivity contribution in [2.75, 3.05) is 0 Å². The van der Waals surface area contributed by atoms with Gasteiger partial charge < -0.3 is 4.74 Å². The first-order chi connectivity index (χ1) is 12.7. The molecule has 2 rings (SSSR count). The SMILES string of the molecule is CC.O=C(CCc1c(F)c(F)c(F)c(F)c1F)Oc1ccc([N+](=O)[O-])cc1.